The first-order chi connectivity index (χ1) is 8.60. The highest BCUT2D eigenvalue weighted by atomic mass is 16.5. The molecule has 1 rings (SSSR count). The van der Waals surface area contributed by atoms with Gasteiger partial charge in [-0.25, -0.2) is 9.59 Å². The number of benzene rings is 1. The molecule has 1 aromatic rings. The smallest absolute Gasteiger partial charge is 0.334 e. The zero-order valence-electron chi connectivity index (χ0n) is 10.7. The minimum atomic E-state index is -0.522. The third kappa shape index (κ3) is 3.45. The van der Waals surface area contributed by atoms with Crippen molar-refractivity contribution < 1.29 is 19.1 Å². The predicted molar refractivity (Wildman–Crippen MR) is 66.9 cm³/mol. The Morgan fingerprint density at radius 2 is 1.56 bits per heavy atom. The second kappa shape index (κ2) is 6.59. The molecule has 0 bridgehead atoms. The fourth-order valence-corrected chi connectivity index (χ4v) is 1.56. The number of rotatable bonds is 4. The summed E-state index contributed by atoms with van der Waals surface area (Å²) in [5.74, 6) is -1.03. The van der Waals surface area contributed by atoms with E-state index in [0.29, 0.717) is 12.0 Å². The second-order valence-corrected chi connectivity index (χ2v) is 3.75. The molecule has 0 heterocycles. The van der Waals surface area contributed by atoms with Gasteiger partial charge in [0.25, 0.3) is 0 Å². The highest BCUT2D eigenvalue weighted by Crippen LogP contribution is 2.14. The largest absolute Gasteiger partial charge is 0.466 e. The molecule has 0 saturated carbocycles. The molecule has 4 nitrogen and oxygen atoms in total. The van der Waals surface area contributed by atoms with Gasteiger partial charge >= 0.3 is 11.9 Å². The summed E-state index contributed by atoms with van der Waals surface area (Å²) in [5, 5.41) is 0. The van der Waals surface area contributed by atoms with Crippen molar-refractivity contribution in [1.82, 2.24) is 0 Å². The fourth-order valence-electron chi connectivity index (χ4n) is 1.56. The van der Waals surface area contributed by atoms with Gasteiger partial charge < -0.3 is 9.47 Å². The number of carbonyl (C=O) groups is 2. The first-order valence-corrected chi connectivity index (χ1v) is 5.50. The van der Waals surface area contributed by atoms with Crippen molar-refractivity contribution in [3.8, 4) is 0 Å². The highest BCUT2D eigenvalue weighted by Gasteiger charge is 2.18. The molecule has 0 aliphatic rings. The Bertz CT molecular complexity index is 460. The van der Waals surface area contributed by atoms with Crippen LogP contribution < -0.4 is 0 Å². The van der Waals surface area contributed by atoms with Gasteiger partial charge in [0.1, 0.15) is 0 Å². The molecule has 0 radical (unpaired) electrons. The Balaban J connectivity index is 3.07. The van der Waals surface area contributed by atoms with Crippen molar-refractivity contribution in [1.29, 1.82) is 0 Å². The summed E-state index contributed by atoms with van der Waals surface area (Å²) in [6.07, 6.45) is 0.342. The van der Waals surface area contributed by atoms with Crippen molar-refractivity contribution >= 4 is 11.9 Å². The molecule has 0 aliphatic heterocycles. The van der Waals surface area contributed by atoms with Gasteiger partial charge in [-0.1, -0.05) is 30.3 Å². The molecular formula is C14H16O4. The first-order valence-electron chi connectivity index (χ1n) is 5.50. The summed E-state index contributed by atoms with van der Waals surface area (Å²) in [7, 11) is 2.57. The lowest BCUT2D eigenvalue weighted by atomic mass is 10.0. The molecule has 96 valence electrons. The summed E-state index contributed by atoms with van der Waals surface area (Å²) in [6, 6.07) is 9.40. The molecule has 0 saturated heterocycles. The van der Waals surface area contributed by atoms with Crippen LogP contribution in [-0.2, 0) is 25.5 Å². The molecule has 0 fully saturated rings. The SMILES string of the molecule is COC(=O)/C(C)=C(/Cc1ccccc1)C(=O)OC. The lowest BCUT2D eigenvalue weighted by Gasteiger charge is -2.09. The van der Waals surface area contributed by atoms with E-state index in [1.165, 1.54) is 14.2 Å². The van der Waals surface area contributed by atoms with Crippen molar-refractivity contribution in [3.63, 3.8) is 0 Å². The monoisotopic (exact) mass is 248 g/mol. The van der Waals surface area contributed by atoms with Gasteiger partial charge in [-0.15, -0.1) is 0 Å². The number of hydrogen-bond acceptors (Lipinski definition) is 4. The van der Waals surface area contributed by atoms with Gasteiger partial charge in [0.2, 0.25) is 0 Å². The molecular weight excluding hydrogens is 232 g/mol. The number of hydrogen-bond donors (Lipinski definition) is 0. The molecule has 1 aromatic carbocycles. The summed E-state index contributed by atoms with van der Waals surface area (Å²) in [6.45, 7) is 1.56. The molecule has 0 amide bonds. The van der Waals surface area contributed by atoms with Crippen molar-refractivity contribution in [3.05, 3.63) is 47.0 Å². The molecule has 0 aromatic heterocycles. The quantitative estimate of drug-likeness (QED) is 0.603. The van der Waals surface area contributed by atoms with Crippen LogP contribution in [0.2, 0.25) is 0 Å². The molecule has 18 heavy (non-hydrogen) atoms. The second-order valence-electron chi connectivity index (χ2n) is 3.75. The standard InChI is InChI=1S/C14H16O4/c1-10(13(15)17-2)12(14(16)18-3)9-11-7-5-4-6-8-11/h4-8H,9H2,1-3H3/b12-10-. The summed E-state index contributed by atoms with van der Waals surface area (Å²) >= 11 is 0. The Kier molecular flexibility index (Phi) is 5.11. The average molecular weight is 248 g/mol. The molecule has 0 aliphatic carbocycles. The van der Waals surface area contributed by atoms with Crippen LogP contribution in [0.4, 0.5) is 0 Å². The Labute approximate surface area is 106 Å². The number of methoxy groups -OCH3 is 2. The maximum Gasteiger partial charge on any atom is 0.334 e. The zero-order chi connectivity index (χ0) is 13.5. The van der Waals surface area contributed by atoms with Crippen LogP contribution >= 0.6 is 0 Å². The zero-order valence-corrected chi connectivity index (χ0v) is 10.7. The van der Waals surface area contributed by atoms with E-state index < -0.39 is 11.9 Å². The third-order valence-electron chi connectivity index (χ3n) is 2.60. The van der Waals surface area contributed by atoms with Gasteiger partial charge in [0, 0.05) is 12.0 Å². The molecule has 0 spiro atoms. The van der Waals surface area contributed by atoms with E-state index in [2.05, 4.69) is 4.74 Å². The number of ether oxygens (including phenoxy) is 2. The number of esters is 2. The average Bonchev–Trinajstić information content (AvgIpc) is 2.43. The Hall–Kier alpha value is -2.10. The summed E-state index contributed by atoms with van der Waals surface area (Å²) in [5.41, 5.74) is 1.52. The first kappa shape index (κ1) is 14.0. The summed E-state index contributed by atoms with van der Waals surface area (Å²) < 4.78 is 9.32. The predicted octanol–water partition coefficient (Wildman–Crippen LogP) is 1.89. The van der Waals surface area contributed by atoms with Crippen LogP contribution in [0.1, 0.15) is 12.5 Å². The van der Waals surface area contributed by atoms with Gasteiger partial charge in [-0.2, -0.15) is 0 Å². The van der Waals surface area contributed by atoms with Crippen molar-refractivity contribution in [2.75, 3.05) is 14.2 Å². The minimum Gasteiger partial charge on any atom is -0.466 e. The third-order valence-corrected chi connectivity index (χ3v) is 2.60. The normalized spacial score (nSPS) is 11.5. The van der Waals surface area contributed by atoms with Crippen molar-refractivity contribution in [2.24, 2.45) is 0 Å². The van der Waals surface area contributed by atoms with Crippen LogP contribution in [0.5, 0.6) is 0 Å². The summed E-state index contributed by atoms with van der Waals surface area (Å²) in [4.78, 5) is 23.2. The Morgan fingerprint density at radius 3 is 2.06 bits per heavy atom. The van der Waals surface area contributed by atoms with E-state index in [4.69, 9.17) is 4.74 Å². The maximum atomic E-state index is 11.7. The van der Waals surface area contributed by atoms with Crippen LogP contribution in [0.25, 0.3) is 0 Å². The highest BCUT2D eigenvalue weighted by molar-refractivity contribution is 6.00. The van der Waals surface area contributed by atoms with E-state index in [9.17, 15) is 9.59 Å². The molecule has 4 heteroatoms. The fraction of sp³-hybridized carbons (Fsp3) is 0.286. The van der Waals surface area contributed by atoms with Crippen LogP contribution in [0.3, 0.4) is 0 Å². The van der Waals surface area contributed by atoms with Crippen molar-refractivity contribution in [2.45, 2.75) is 13.3 Å². The van der Waals surface area contributed by atoms with E-state index in [0.717, 1.165) is 5.56 Å². The lowest BCUT2D eigenvalue weighted by molar-refractivity contribution is -0.139. The molecule has 0 atom stereocenters. The van der Waals surface area contributed by atoms with Crippen LogP contribution in [0.15, 0.2) is 41.5 Å². The topological polar surface area (TPSA) is 52.6 Å². The van der Waals surface area contributed by atoms with E-state index >= 15 is 0 Å². The molecule has 0 unspecified atom stereocenters. The van der Waals surface area contributed by atoms with Gasteiger partial charge in [0.05, 0.1) is 19.8 Å². The number of carbonyl (C=O) groups excluding carboxylic acids is 2. The van der Waals surface area contributed by atoms with E-state index in [1.54, 1.807) is 6.92 Å². The van der Waals surface area contributed by atoms with Gasteiger partial charge in [0.15, 0.2) is 0 Å². The molecule has 0 N–H and O–H groups in total. The van der Waals surface area contributed by atoms with E-state index in [-0.39, 0.29) is 5.57 Å². The maximum absolute atomic E-state index is 11.7. The van der Waals surface area contributed by atoms with E-state index in [1.807, 2.05) is 30.3 Å². The van der Waals surface area contributed by atoms with Crippen LogP contribution in [0, 0.1) is 0 Å². The van der Waals surface area contributed by atoms with Crippen LogP contribution in [-0.4, -0.2) is 26.2 Å². The minimum absolute atomic E-state index is 0.271. The lowest BCUT2D eigenvalue weighted by Crippen LogP contribution is -2.14. The van der Waals surface area contributed by atoms with Gasteiger partial charge in [-0.05, 0) is 12.5 Å². The Morgan fingerprint density at radius 1 is 1.00 bits per heavy atom. The van der Waals surface area contributed by atoms with Gasteiger partial charge in [-0.3, -0.25) is 0 Å².